The first kappa shape index (κ1) is 9.25. The van der Waals surface area contributed by atoms with Crippen molar-refractivity contribution < 1.29 is 0 Å². The molecule has 0 spiro atoms. The van der Waals surface area contributed by atoms with E-state index in [1.54, 1.807) is 0 Å². The average Bonchev–Trinajstić information content (AvgIpc) is 2.20. The van der Waals surface area contributed by atoms with Crippen molar-refractivity contribution in [1.29, 1.82) is 0 Å². The molecule has 0 aromatic heterocycles. The Kier molecular flexibility index (Phi) is 3.04. The van der Waals surface area contributed by atoms with Crippen molar-refractivity contribution in [2.24, 2.45) is 0 Å². The predicted molar refractivity (Wildman–Crippen MR) is 66.1 cm³/mol. The molecule has 1 heteroatoms. The zero-order chi connectivity index (χ0) is 9.10. The molecule has 1 aliphatic carbocycles. The highest BCUT2D eigenvalue weighted by Crippen LogP contribution is 2.29. The lowest BCUT2D eigenvalue weighted by molar-refractivity contribution is 0.784. The molecular formula is C12H13I. The highest BCUT2D eigenvalue weighted by atomic mass is 127. The number of rotatable bonds is 1. The third kappa shape index (κ3) is 2.33. The van der Waals surface area contributed by atoms with Gasteiger partial charge in [-0.25, -0.2) is 0 Å². The van der Waals surface area contributed by atoms with E-state index in [1.807, 2.05) is 0 Å². The lowest BCUT2D eigenvalue weighted by Crippen LogP contribution is -2.02. The van der Waals surface area contributed by atoms with Crippen LogP contribution < -0.4 is 0 Å². The molecule has 0 saturated heterocycles. The lowest BCUT2D eigenvalue weighted by Gasteiger charge is -2.17. The number of hydrogen-bond acceptors (Lipinski definition) is 0. The molecule has 1 aliphatic rings. The van der Waals surface area contributed by atoms with Gasteiger partial charge in [-0.3, -0.25) is 0 Å². The number of alkyl halides is 1. The molecule has 2 rings (SSSR count). The molecule has 68 valence electrons. The summed E-state index contributed by atoms with van der Waals surface area (Å²) in [5.41, 5.74) is 2.94. The van der Waals surface area contributed by atoms with Crippen molar-refractivity contribution in [3.63, 3.8) is 0 Å². The Morgan fingerprint density at radius 2 is 1.92 bits per heavy atom. The molecule has 0 N–H and O–H groups in total. The van der Waals surface area contributed by atoms with E-state index < -0.39 is 0 Å². The molecule has 0 nitrogen and oxygen atoms in total. The summed E-state index contributed by atoms with van der Waals surface area (Å²) in [5, 5.41) is 0. The number of hydrogen-bond donors (Lipinski definition) is 0. The topological polar surface area (TPSA) is 0 Å². The van der Waals surface area contributed by atoms with Crippen LogP contribution >= 0.6 is 22.6 Å². The summed E-state index contributed by atoms with van der Waals surface area (Å²) in [7, 11) is 0. The first-order chi connectivity index (χ1) is 6.36. The first-order valence-electron chi connectivity index (χ1n) is 4.75. The summed E-state index contributed by atoms with van der Waals surface area (Å²) < 4.78 is 0.852. The van der Waals surface area contributed by atoms with Crippen molar-refractivity contribution in [3.05, 3.63) is 42.0 Å². The summed E-state index contributed by atoms with van der Waals surface area (Å²) in [6.07, 6.45) is 6.22. The zero-order valence-electron chi connectivity index (χ0n) is 7.54. The van der Waals surface area contributed by atoms with Gasteiger partial charge in [0, 0.05) is 3.92 Å². The Morgan fingerprint density at radius 3 is 2.54 bits per heavy atom. The van der Waals surface area contributed by atoms with Crippen LogP contribution in [0.2, 0.25) is 0 Å². The molecule has 0 heterocycles. The van der Waals surface area contributed by atoms with Gasteiger partial charge in [0.15, 0.2) is 0 Å². The van der Waals surface area contributed by atoms with Crippen molar-refractivity contribution in [1.82, 2.24) is 0 Å². The molecule has 0 fully saturated rings. The molecule has 1 aromatic carbocycles. The summed E-state index contributed by atoms with van der Waals surface area (Å²) in [6, 6.07) is 10.7. The molecule has 1 atom stereocenters. The second-order valence-electron chi connectivity index (χ2n) is 3.47. The van der Waals surface area contributed by atoms with Gasteiger partial charge in [-0.2, -0.15) is 0 Å². The van der Waals surface area contributed by atoms with E-state index in [1.165, 1.54) is 30.4 Å². The van der Waals surface area contributed by atoms with Gasteiger partial charge in [-0.05, 0) is 30.4 Å². The average molecular weight is 284 g/mol. The van der Waals surface area contributed by atoms with E-state index in [0.717, 1.165) is 3.92 Å². The molecule has 1 aromatic rings. The standard InChI is InChI=1S/C12H13I/c13-12-8-6-11(7-9-12)10-4-2-1-3-5-10/h1-6,12H,7-9H2/t12-/m0/s1. The second-order valence-corrected chi connectivity index (χ2v) is 5.23. The van der Waals surface area contributed by atoms with Crippen molar-refractivity contribution in [2.75, 3.05) is 0 Å². The van der Waals surface area contributed by atoms with Crippen LogP contribution in [0.1, 0.15) is 24.8 Å². The van der Waals surface area contributed by atoms with E-state index in [-0.39, 0.29) is 0 Å². The molecule has 0 unspecified atom stereocenters. The van der Waals surface area contributed by atoms with Crippen molar-refractivity contribution in [3.8, 4) is 0 Å². The largest absolute Gasteiger partial charge is 0.0823 e. The second kappa shape index (κ2) is 4.27. The van der Waals surface area contributed by atoms with Gasteiger partial charge in [-0.15, -0.1) is 0 Å². The van der Waals surface area contributed by atoms with Gasteiger partial charge < -0.3 is 0 Å². The maximum Gasteiger partial charge on any atom is 0.0147 e. The van der Waals surface area contributed by atoms with Crippen molar-refractivity contribution >= 4 is 28.2 Å². The van der Waals surface area contributed by atoms with E-state index >= 15 is 0 Å². The highest BCUT2D eigenvalue weighted by Gasteiger charge is 2.11. The van der Waals surface area contributed by atoms with E-state index in [9.17, 15) is 0 Å². The van der Waals surface area contributed by atoms with Gasteiger partial charge in [0.25, 0.3) is 0 Å². The minimum Gasteiger partial charge on any atom is -0.0823 e. The maximum atomic E-state index is 2.54. The molecule has 0 amide bonds. The Labute approximate surface area is 93.2 Å². The van der Waals surface area contributed by atoms with Gasteiger partial charge in [-0.1, -0.05) is 59.0 Å². The van der Waals surface area contributed by atoms with Crippen LogP contribution in [0, 0.1) is 0 Å². The molecule has 13 heavy (non-hydrogen) atoms. The van der Waals surface area contributed by atoms with Crippen LogP contribution in [-0.2, 0) is 0 Å². The van der Waals surface area contributed by atoms with Crippen LogP contribution in [0.25, 0.3) is 5.57 Å². The number of allylic oxidation sites excluding steroid dienone is 2. The quantitative estimate of drug-likeness (QED) is 0.539. The Hall–Kier alpha value is -0.310. The van der Waals surface area contributed by atoms with E-state index in [2.05, 4.69) is 59.0 Å². The molecule has 0 saturated carbocycles. The fraction of sp³-hybridized carbons (Fsp3) is 0.333. The molecule has 0 radical (unpaired) electrons. The number of halogens is 1. The fourth-order valence-electron chi connectivity index (χ4n) is 1.72. The van der Waals surface area contributed by atoms with E-state index in [0.29, 0.717) is 0 Å². The Morgan fingerprint density at radius 1 is 1.15 bits per heavy atom. The monoisotopic (exact) mass is 284 g/mol. The van der Waals surface area contributed by atoms with Gasteiger partial charge in [0.1, 0.15) is 0 Å². The van der Waals surface area contributed by atoms with Crippen LogP contribution in [0.5, 0.6) is 0 Å². The number of benzene rings is 1. The maximum absolute atomic E-state index is 2.54. The van der Waals surface area contributed by atoms with Gasteiger partial charge in [0.2, 0.25) is 0 Å². The minimum absolute atomic E-state index is 0.852. The molecular weight excluding hydrogens is 271 g/mol. The van der Waals surface area contributed by atoms with E-state index in [4.69, 9.17) is 0 Å². The third-order valence-corrected chi connectivity index (χ3v) is 3.62. The third-order valence-electron chi connectivity index (χ3n) is 2.49. The summed E-state index contributed by atoms with van der Waals surface area (Å²) >= 11 is 2.54. The Balaban J connectivity index is 2.19. The van der Waals surface area contributed by atoms with Crippen LogP contribution in [0.4, 0.5) is 0 Å². The van der Waals surface area contributed by atoms with Crippen LogP contribution in [0.3, 0.4) is 0 Å². The van der Waals surface area contributed by atoms with Crippen molar-refractivity contribution in [2.45, 2.75) is 23.2 Å². The Bertz CT molecular complexity index is 300. The van der Waals surface area contributed by atoms with Crippen LogP contribution in [0.15, 0.2) is 36.4 Å². The zero-order valence-corrected chi connectivity index (χ0v) is 9.70. The lowest BCUT2D eigenvalue weighted by atomic mass is 9.94. The molecule has 0 aliphatic heterocycles. The summed E-state index contributed by atoms with van der Waals surface area (Å²) in [4.78, 5) is 0. The first-order valence-corrected chi connectivity index (χ1v) is 5.99. The fourth-order valence-corrected chi connectivity index (χ4v) is 2.28. The van der Waals surface area contributed by atoms with Gasteiger partial charge >= 0.3 is 0 Å². The summed E-state index contributed by atoms with van der Waals surface area (Å²) in [5.74, 6) is 0. The summed E-state index contributed by atoms with van der Waals surface area (Å²) in [6.45, 7) is 0. The van der Waals surface area contributed by atoms with Crippen LogP contribution in [-0.4, -0.2) is 3.92 Å². The molecule has 0 bridgehead atoms. The predicted octanol–water partition coefficient (Wildman–Crippen LogP) is 4.06. The van der Waals surface area contributed by atoms with Gasteiger partial charge in [0.05, 0.1) is 0 Å². The minimum atomic E-state index is 0.852. The SMILES string of the molecule is I[C@H]1CC=C(c2ccccc2)CC1. The normalized spacial score (nSPS) is 22.5. The smallest absolute Gasteiger partial charge is 0.0147 e. The highest BCUT2D eigenvalue weighted by molar-refractivity contribution is 14.1.